The Bertz CT molecular complexity index is 1300. The third-order valence-corrected chi connectivity index (χ3v) is 6.67. The topological polar surface area (TPSA) is 122 Å². The Labute approximate surface area is 214 Å². The predicted octanol–water partition coefficient (Wildman–Crippen LogP) is 2.98. The van der Waals surface area contributed by atoms with E-state index in [0.717, 1.165) is 17.4 Å². The van der Waals surface area contributed by atoms with Gasteiger partial charge in [-0.2, -0.15) is 0 Å². The van der Waals surface area contributed by atoms with Crippen LogP contribution in [0.15, 0.2) is 55.1 Å². The van der Waals surface area contributed by atoms with Crippen LogP contribution < -0.4 is 27.0 Å². The first-order valence-electron chi connectivity index (χ1n) is 12.0. The number of halogens is 2. The highest BCUT2D eigenvalue weighted by molar-refractivity contribution is 5.75. The van der Waals surface area contributed by atoms with Crippen molar-refractivity contribution >= 4 is 17.7 Å². The van der Waals surface area contributed by atoms with Crippen molar-refractivity contribution in [1.29, 1.82) is 0 Å². The Morgan fingerprint density at radius 2 is 2.00 bits per heavy atom. The van der Waals surface area contributed by atoms with Crippen LogP contribution in [0.1, 0.15) is 21.6 Å². The number of hydrogen-bond donors (Lipinski definition) is 4. The molecule has 0 bridgehead atoms. The number of piperidine rings is 1. The number of pyridine rings is 2. The highest BCUT2D eigenvalue weighted by Gasteiger charge is 2.36. The van der Waals surface area contributed by atoms with Crippen LogP contribution in [0, 0.1) is 24.5 Å². The molecule has 1 aromatic carbocycles. The lowest BCUT2D eigenvalue weighted by atomic mass is 9.82. The number of nitrogens with one attached hydrogen (secondary N) is 2. The second-order valence-electron chi connectivity index (χ2n) is 9.19. The third-order valence-electron chi connectivity index (χ3n) is 6.67. The summed E-state index contributed by atoms with van der Waals surface area (Å²) in [6, 6.07) is 7.01. The largest absolute Gasteiger partial charge is 0.403 e. The minimum Gasteiger partial charge on any atom is -0.403 e. The fourth-order valence-electron chi connectivity index (χ4n) is 5.08. The van der Waals surface area contributed by atoms with Gasteiger partial charge in [0.05, 0.1) is 17.6 Å². The van der Waals surface area contributed by atoms with Crippen LogP contribution in [0.4, 0.5) is 20.2 Å². The fraction of sp³-hybridized carbons (Fsp3) is 0.296. The molecule has 8 nitrogen and oxygen atoms in total. The predicted molar refractivity (Wildman–Crippen MR) is 141 cm³/mol. The molecule has 0 radical (unpaired) electrons. The summed E-state index contributed by atoms with van der Waals surface area (Å²) in [5, 5.41) is 6.46. The van der Waals surface area contributed by atoms with Crippen molar-refractivity contribution in [3.05, 3.63) is 83.6 Å². The van der Waals surface area contributed by atoms with E-state index in [1.54, 1.807) is 25.5 Å². The van der Waals surface area contributed by atoms with Crippen molar-refractivity contribution in [3.63, 3.8) is 0 Å². The molecule has 0 saturated carbocycles. The van der Waals surface area contributed by atoms with Gasteiger partial charge >= 0.3 is 0 Å². The Morgan fingerprint density at radius 3 is 2.73 bits per heavy atom. The number of aryl methyl sites for hydroxylation is 1. The molecule has 2 unspecified atom stereocenters. The van der Waals surface area contributed by atoms with E-state index in [2.05, 4.69) is 25.5 Å². The maximum Gasteiger partial charge on any atom is 0.168 e. The number of benzene rings is 1. The van der Waals surface area contributed by atoms with Crippen molar-refractivity contribution in [2.24, 2.45) is 17.4 Å². The van der Waals surface area contributed by atoms with Crippen molar-refractivity contribution < 1.29 is 13.6 Å². The minimum atomic E-state index is -0.701. The SMILES string of the molecule is CNc1cnccc1N1CC(N)C(N/C=C\N)[C@@H](Cc2cc(C)cc(F)c2-c2nc(C=O)ccc2F)C1. The molecule has 194 valence electrons. The van der Waals surface area contributed by atoms with Gasteiger partial charge in [-0.15, -0.1) is 0 Å². The molecule has 1 aliphatic heterocycles. The Morgan fingerprint density at radius 1 is 1.19 bits per heavy atom. The second kappa shape index (κ2) is 11.3. The molecular weight excluding hydrogens is 476 g/mol. The highest BCUT2D eigenvalue weighted by Crippen LogP contribution is 2.34. The first-order valence-corrected chi connectivity index (χ1v) is 12.0. The summed E-state index contributed by atoms with van der Waals surface area (Å²) < 4.78 is 30.3. The highest BCUT2D eigenvalue weighted by atomic mass is 19.1. The molecular formula is C27H31F2N7O. The van der Waals surface area contributed by atoms with Gasteiger partial charge in [-0.3, -0.25) is 9.78 Å². The van der Waals surface area contributed by atoms with Crippen molar-refractivity contribution in [2.45, 2.75) is 25.4 Å². The normalized spacial score (nSPS) is 19.7. The van der Waals surface area contributed by atoms with Gasteiger partial charge in [0.2, 0.25) is 0 Å². The third kappa shape index (κ3) is 5.54. The van der Waals surface area contributed by atoms with Gasteiger partial charge in [0.15, 0.2) is 6.29 Å². The molecule has 0 spiro atoms. The molecule has 0 amide bonds. The summed E-state index contributed by atoms with van der Waals surface area (Å²) in [4.78, 5) is 21.8. The second-order valence-corrected chi connectivity index (χ2v) is 9.19. The Hall–Kier alpha value is -4.05. The van der Waals surface area contributed by atoms with Crippen LogP contribution >= 0.6 is 0 Å². The number of aldehydes is 1. The zero-order chi connectivity index (χ0) is 26.5. The minimum absolute atomic E-state index is 0.0260. The van der Waals surface area contributed by atoms with Crippen LogP contribution in [0.3, 0.4) is 0 Å². The van der Waals surface area contributed by atoms with Crippen LogP contribution in [0.2, 0.25) is 0 Å². The number of anilines is 2. The molecule has 1 aliphatic rings. The molecule has 37 heavy (non-hydrogen) atoms. The smallest absolute Gasteiger partial charge is 0.168 e. The number of carbonyl (C=O) groups is 1. The lowest BCUT2D eigenvalue weighted by Crippen LogP contribution is -2.61. The lowest BCUT2D eigenvalue weighted by Gasteiger charge is -2.44. The molecule has 2 aromatic heterocycles. The monoisotopic (exact) mass is 507 g/mol. The van der Waals surface area contributed by atoms with Crippen LogP contribution in [-0.4, -0.2) is 48.5 Å². The van der Waals surface area contributed by atoms with Gasteiger partial charge in [0.25, 0.3) is 0 Å². The van der Waals surface area contributed by atoms with E-state index >= 15 is 4.39 Å². The van der Waals surface area contributed by atoms with E-state index in [1.807, 2.05) is 19.2 Å². The lowest BCUT2D eigenvalue weighted by molar-refractivity contribution is 0.111. The average molecular weight is 508 g/mol. The van der Waals surface area contributed by atoms with Crippen LogP contribution in [0.25, 0.3) is 11.3 Å². The number of rotatable bonds is 8. The van der Waals surface area contributed by atoms with E-state index < -0.39 is 11.6 Å². The van der Waals surface area contributed by atoms with E-state index in [1.165, 1.54) is 18.3 Å². The molecule has 10 heteroatoms. The Kier molecular flexibility index (Phi) is 7.98. The first kappa shape index (κ1) is 26.0. The van der Waals surface area contributed by atoms with E-state index in [9.17, 15) is 9.18 Å². The molecule has 6 N–H and O–H groups in total. The van der Waals surface area contributed by atoms with Crippen molar-refractivity contribution in [1.82, 2.24) is 15.3 Å². The van der Waals surface area contributed by atoms with E-state index in [0.29, 0.717) is 36.9 Å². The molecule has 1 fully saturated rings. The van der Waals surface area contributed by atoms with Crippen LogP contribution in [0.5, 0.6) is 0 Å². The summed E-state index contributed by atoms with van der Waals surface area (Å²) in [5.41, 5.74) is 15.2. The summed E-state index contributed by atoms with van der Waals surface area (Å²) in [6.45, 7) is 2.93. The van der Waals surface area contributed by atoms with Crippen molar-refractivity contribution in [3.8, 4) is 11.3 Å². The number of nitrogens with zero attached hydrogens (tertiary/aromatic N) is 3. The van der Waals surface area contributed by atoms with E-state index in [-0.39, 0.29) is 35.0 Å². The molecule has 3 aromatic rings. The fourth-order valence-corrected chi connectivity index (χ4v) is 5.08. The molecule has 3 atom stereocenters. The van der Waals surface area contributed by atoms with Gasteiger partial charge in [0, 0.05) is 62.3 Å². The zero-order valence-electron chi connectivity index (χ0n) is 20.8. The number of hydrogen-bond acceptors (Lipinski definition) is 8. The zero-order valence-corrected chi connectivity index (χ0v) is 20.8. The quantitative estimate of drug-likeness (QED) is 0.343. The molecule has 4 rings (SSSR count). The van der Waals surface area contributed by atoms with Crippen molar-refractivity contribution in [2.75, 3.05) is 30.4 Å². The summed E-state index contributed by atoms with van der Waals surface area (Å²) in [7, 11) is 1.83. The van der Waals surface area contributed by atoms with Gasteiger partial charge < -0.3 is 27.0 Å². The molecule has 0 aliphatic carbocycles. The van der Waals surface area contributed by atoms with E-state index in [4.69, 9.17) is 11.5 Å². The van der Waals surface area contributed by atoms with Gasteiger partial charge in [-0.1, -0.05) is 6.07 Å². The molecule has 3 heterocycles. The summed E-state index contributed by atoms with van der Waals surface area (Å²) in [6.07, 6.45) is 7.41. The maximum absolute atomic E-state index is 15.4. The number of aromatic nitrogens is 2. The molecule has 1 saturated heterocycles. The van der Waals surface area contributed by atoms with Gasteiger partial charge in [-0.25, -0.2) is 13.8 Å². The van der Waals surface area contributed by atoms with Crippen LogP contribution in [-0.2, 0) is 6.42 Å². The summed E-state index contributed by atoms with van der Waals surface area (Å²) >= 11 is 0. The summed E-state index contributed by atoms with van der Waals surface area (Å²) in [5.74, 6) is -1.41. The number of carbonyl (C=O) groups excluding carboxylic acids is 1. The average Bonchev–Trinajstić information content (AvgIpc) is 2.88. The number of nitrogens with two attached hydrogens (primary N) is 2. The Balaban J connectivity index is 1.78. The standard InChI is InChI=1S/C27H31F2N7O/c1-16-9-17(25(21(29)10-16)27-20(28)4-3-19(15-37)35-27)11-18-13-36(14-22(31)26(18)34-8-6-30)24-5-7-33-12-23(24)32-2/h3-10,12,15,18,22,26,32,34H,11,13-14,30-31H2,1-2H3/b8-6-/t18-,22?,26?/m0/s1. The van der Waals surface area contributed by atoms with Gasteiger partial charge in [0.1, 0.15) is 23.0 Å². The first-order chi connectivity index (χ1) is 17.9. The maximum atomic E-state index is 15.4. The van der Waals surface area contributed by atoms with Gasteiger partial charge in [-0.05, 0) is 48.7 Å².